The molecule has 0 aromatic carbocycles. The molecular weight excluding hydrogens is 286 g/mol. The average Bonchev–Trinajstić information content (AvgIpc) is 3.20. The van der Waals surface area contributed by atoms with Crippen LogP contribution >= 0.6 is 11.3 Å². The van der Waals surface area contributed by atoms with Crippen LogP contribution in [0.25, 0.3) is 0 Å². The van der Waals surface area contributed by atoms with Crippen molar-refractivity contribution in [2.24, 2.45) is 5.92 Å². The fourth-order valence-electron chi connectivity index (χ4n) is 3.05. The topological polar surface area (TPSA) is 62.3 Å². The molecule has 21 heavy (non-hydrogen) atoms. The number of nitrogens with one attached hydrogen (secondary N) is 1. The Hall–Kier alpha value is -1.43. The second-order valence-electron chi connectivity index (χ2n) is 6.38. The number of rotatable bonds is 4. The van der Waals surface area contributed by atoms with Crippen LogP contribution in [-0.2, 0) is 16.1 Å². The third-order valence-electron chi connectivity index (χ3n) is 5.01. The quantitative estimate of drug-likeness (QED) is 0.924. The predicted molar refractivity (Wildman–Crippen MR) is 80.6 cm³/mol. The van der Waals surface area contributed by atoms with E-state index in [1.807, 2.05) is 26.2 Å². The van der Waals surface area contributed by atoms with Crippen molar-refractivity contribution in [1.29, 1.82) is 0 Å². The molecule has 1 saturated carbocycles. The summed E-state index contributed by atoms with van der Waals surface area (Å²) in [7, 11) is 0. The van der Waals surface area contributed by atoms with E-state index in [1.54, 1.807) is 11.1 Å². The van der Waals surface area contributed by atoms with Gasteiger partial charge in [0, 0.05) is 11.6 Å². The number of aromatic nitrogens is 1. The Bertz CT molecular complexity index is 569. The first-order valence-corrected chi connectivity index (χ1v) is 8.33. The molecule has 0 spiro atoms. The average molecular weight is 307 g/mol. The molecule has 1 N–H and O–H groups in total. The Balaban J connectivity index is 1.97. The molecule has 6 heteroatoms. The smallest absolute Gasteiger partial charge is 0.249 e. The Kier molecular flexibility index (Phi) is 3.31. The molecule has 1 aliphatic carbocycles. The monoisotopic (exact) mass is 307 g/mol. The summed E-state index contributed by atoms with van der Waals surface area (Å²) >= 11 is 1.52. The third-order valence-corrected chi connectivity index (χ3v) is 5.77. The molecule has 2 fully saturated rings. The van der Waals surface area contributed by atoms with Gasteiger partial charge in [0.25, 0.3) is 0 Å². The lowest BCUT2D eigenvalue weighted by atomic mass is 9.83. The van der Waals surface area contributed by atoms with Crippen molar-refractivity contribution in [2.45, 2.75) is 57.7 Å². The fourth-order valence-corrected chi connectivity index (χ4v) is 3.66. The first-order chi connectivity index (χ1) is 9.91. The van der Waals surface area contributed by atoms with Gasteiger partial charge in [0.05, 0.1) is 6.54 Å². The van der Waals surface area contributed by atoms with Crippen LogP contribution in [-0.4, -0.2) is 32.8 Å². The van der Waals surface area contributed by atoms with Crippen LogP contribution in [0, 0.1) is 5.92 Å². The molecular formula is C15H21N3O2S. The van der Waals surface area contributed by atoms with Crippen LogP contribution in [0.4, 0.5) is 0 Å². The summed E-state index contributed by atoms with van der Waals surface area (Å²) < 4.78 is 0. The highest BCUT2D eigenvalue weighted by Gasteiger charge is 2.58. The van der Waals surface area contributed by atoms with Crippen LogP contribution < -0.4 is 5.32 Å². The van der Waals surface area contributed by atoms with Crippen molar-refractivity contribution in [1.82, 2.24) is 15.2 Å². The van der Waals surface area contributed by atoms with Crippen molar-refractivity contribution in [3.8, 4) is 0 Å². The van der Waals surface area contributed by atoms with E-state index in [0.717, 1.165) is 17.8 Å². The summed E-state index contributed by atoms with van der Waals surface area (Å²) in [6, 6.07) is 0. The Morgan fingerprint density at radius 3 is 2.67 bits per heavy atom. The Labute approximate surface area is 128 Å². The molecule has 2 unspecified atom stereocenters. The summed E-state index contributed by atoms with van der Waals surface area (Å²) in [5, 5.41) is 5.78. The van der Waals surface area contributed by atoms with Crippen molar-refractivity contribution >= 4 is 23.2 Å². The number of carbonyl (C=O) groups is 2. The van der Waals surface area contributed by atoms with E-state index < -0.39 is 11.1 Å². The Morgan fingerprint density at radius 1 is 1.43 bits per heavy atom. The van der Waals surface area contributed by atoms with Crippen LogP contribution in [0.1, 0.15) is 45.0 Å². The van der Waals surface area contributed by atoms with Crippen LogP contribution in [0.5, 0.6) is 0 Å². The standard InChI is InChI=1S/C15H21N3O2S/c1-4-14(2)12(19)17-15(3,10-5-6-10)13(20)18(14)9-11-16-7-8-21-11/h7-8,10H,4-6,9H2,1-3H3,(H,17,19). The molecule has 2 amide bonds. The van der Waals surface area contributed by atoms with Gasteiger partial charge in [-0.3, -0.25) is 9.59 Å². The molecule has 2 heterocycles. The maximum Gasteiger partial charge on any atom is 0.249 e. The molecule has 0 bridgehead atoms. The summed E-state index contributed by atoms with van der Waals surface area (Å²) in [6.07, 6.45) is 4.35. The van der Waals surface area contributed by atoms with Crippen LogP contribution in [0.3, 0.4) is 0 Å². The number of amides is 2. The minimum Gasteiger partial charge on any atom is -0.340 e. The fraction of sp³-hybridized carbons (Fsp3) is 0.667. The van der Waals surface area contributed by atoms with Gasteiger partial charge in [-0.15, -0.1) is 11.3 Å². The third kappa shape index (κ3) is 2.16. The minimum absolute atomic E-state index is 0.0316. The normalized spacial score (nSPS) is 33.2. The zero-order chi connectivity index (χ0) is 15.3. The van der Waals surface area contributed by atoms with E-state index in [-0.39, 0.29) is 17.7 Å². The molecule has 0 radical (unpaired) electrons. The van der Waals surface area contributed by atoms with Gasteiger partial charge < -0.3 is 10.2 Å². The summed E-state index contributed by atoms with van der Waals surface area (Å²) in [6.45, 7) is 6.08. The van der Waals surface area contributed by atoms with E-state index in [1.165, 1.54) is 11.3 Å². The molecule has 1 aliphatic heterocycles. The van der Waals surface area contributed by atoms with E-state index in [9.17, 15) is 9.59 Å². The molecule has 5 nitrogen and oxygen atoms in total. The van der Waals surface area contributed by atoms with Gasteiger partial charge in [0.15, 0.2) is 0 Å². The summed E-state index contributed by atoms with van der Waals surface area (Å²) in [5.41, 5.74) is -1.54. The van der Waals surface area contributed by atoms with Crippen LogP contribution in [0.2, 0.25) is 0 Å². The number of piperazine rings is 1. The van der Waals surface area contributed by atoms with Gasteiger partial charge in [-0.2, -0.15) is 0 Å². The molecule has 114 valence electrons. The van der Waals surface area contributed by atoms with Crippen LogP contribution in [0.15, 0.2) is 11.6 Å². The highest BCUT2D eigenvalue weighted by molar-refractivity contribution is 7.09. The molecule has 3 rings (SSSR count). The zero-order valence-corrected chi connectivity index (χ0v) is 13.5. The van der Waals surface area contributed by atoms with Gasteiger partial charge in [-0.05, 0) is 39.0 Å². The Morgan fingerprint density at radius 2 is 2.14 bits per heavy atom. The van der Waals surface area contributed by atoms with Gasteiger partial charge >= 0.3 is 0 Å². The molecule has 2 aliphatic rings. The highest BCUT2D eigenvalue weighted by Crippen LogP contribution is 2.44. The predicted octanol–water partition coefficient (Wildman–Crippen LogP) is 1.94. The minimum atomic E-state index is -0.794. The molecule has 1 aromatic heterocycles. The second-order valence-corrected chi connectivity index (χ2v) is 7.35. The number of hydrogen-bond donors (Lipinski definition) is 1. The maximum atomic E-state index is 13.1. The first-order valence-electron chi connectivity index (χ1n) is 7.45. The molecule has 1 aromatic rings. The largest absolute Gasteiger partial charge is 0.340 e. The number of carbonyl (C=O) groups excluding carboxylic acids is 2. The van der Waals surface area contributed by atoms with E-state index >= 15 is 0 Å². The van der Waals surface area contributed by atoms with Crippen molar-refractivity contribution < 1.29 is 9.59 Å². The summed E-state index contributed by atoms with van der Waals surface area (Å²) in [4.78, 5) is 31.7. The van der Waals surface area contributed by atoms with Gasteiger partial charge in [0.2, 0.25) is 11.8 Å². The highest BCUT2D eigenvalue weighted by atomic mass is 32.1. The lowest BCUT2D eigenvalue weighted by molar-refractivity contribution is -0.163. The van der Waals surface area contributed by atoms with E-state index in [2.05, 4.69) is 10.3 Å². The second kappa shape index (κ2) is 4.80. The van der Waals surface area contributed by atoms with Gasteiger partial charge in [0.1, 0.15) is 16.1 Å². The van der Waals surface area contributed by atoms with Crippen molar-refractivity contribution in [3.05, 3.63) is 16.6 Å². The lowest BCUT2D eigenvalue weighted by Crippen LogP contribution is -2.74. The molecule has 1 saturated heterocycles. The number of thiazole rings is 1. The maximum absolute atomic E-state index is 13.1. The van der Waals surface area contributed by atoms with E-state index in [4.69, 9.17) is 0 Å². The number of nitrogens with zero attached hydrogens (tertiary/aromatic N) is 2. The van der Waals surface area contributed by atoms with Crippen molar-refractivity contribution in [2.75, 3.05) is 0 Å². The zero-order valence-electron chi connectivity index (χ0n) is 12.7. The first kappa shape index (κ1) is 14.5. The van der Waals surface area contributed by atoms with Gasteiger partial charge in [-0.1, -0.05) is 6.92 Å². The summed E-state index contributed by atoms with van der Waals surface area (Å²) in [5.74, 6) is 0.258. The van der Waals surface area contributed by atoms with Gasteiger partial charge in [-0.25, -0.2) is 4.98 Å². The van der Waals surface area contributed by atoms with Crippen molar-refractivity contribution in [3.63, 3.8) is 0 Å². The number of hydrogen-bond acceptors (Lipinski definition) is 4. The lowest BCUT2D eigenvalue weighted by Gasteiger charge is -2.50. The van der Waals surface area contributed by atoms with E-state index in [0.29, 0.717) is 13.0 Å². The molecule has 2 atom stereocenters. The SMILES string of the molecule is CCC1(C)C(=O)NC(C)(C2CC2)C(=O)N1Cc1nccs1.